The molecule has 13 heteroatoms. The Bertz CT molecular complexity index is 1380. The van der Waals surface area contributed by atoms with Crippen LogP contribution in [0.25, 0.3) is 0 Å². The molecule has 4 aliphatic rings. The number of hydrogen-bond acceptors (Lipinski definition) is 13. The summed E-state index contributed by atoms with van der Waals surface area (Å²) >= 11 is 0. The third-order valence-corrected chi connectivity index (χ3v) is 9.30. The van der Waals surface area contributed by atoms with Crippen molar-refractivity contribution in [2.75, 3.05) is 34.1 Å². The molecule has 13 nitrogen and oxygen atoms in total. The molecule has 0 radical (unpaired) electrons. The zero-order chi connectivity index (χ0) is 34.6. The molecule has 0 saturated carbocycles. The summed E-state index contributed by atoms with van der Waals surface area (Å²) in [5.41, 5.74) is -1.42. The Balaban J connectivity index is -0.0000000205. The first-order valence-corrected chi connectivity index (χ1v) is 16.0. The van der Waals surface area contributed by atoms with E-state index in [0.717, 1.165) is 43.5 Å². The van der Waals surface area contributed by atoms with Crippen molar-refractivity contribution in [3.8, 4) is 11.5 Å². The van der Waals surface area contributed by atoms with Crippen LogP contribution in [0.1, 0.15) is 334 Å². The lowest BCUT2D eigenvalue weighted by Gasteiger charge is -2.39. The number of hydrogen-bond donors (Lipinski definition) is 2. The number of esters is 2. The fourth-order valence-electron chi connectivity index (χ4n) is 6.98. The highest BCUT2D eigenvalue weighted by Gasteiger charge is 2.59. The largest absolute Gasteiger partial charge is 0.550 e. The van der Waals surface area contributed by atoms with Crippen molar-refractivity contribution in [3.63, 3.8) is 0 Å². The topological polar surface area (TPSA) is 181 Å². The minimum Gasteiger partial charge on any atom is -0.550 e. The molecule has 4 atom stereocenters. The zero-order valence-corrected chi connectivity index (χ0v) is 27.8. The Morgan fingerprint density at radius 1 is 0.637 bits per heavy atom. The van der Waals surface area contributed by atoms with Crippen molar-refractivity contribution in [1.82, 2.24) is 4.90 Å². The van der Waals surface area contributed by atoms with Gasteiger partial charge in [0.1, 0.15) is 11.5 Å². The number of fused-ring (bicyclic) bond motifs is 3. The quantitative estimate of drug-likeness (QED) is 0.189. The van der Waals surface area contributed by atoms with E-state index in [9.17, 15) is 34.5 Å². The van der Waals surface area contributed by atoms with E-state index in [1.165, 1.54) is 14.0 Å². The first-order chi connectivity index (χ1) is 22.1. The van der Waals surface area contributed by atoms with Crippen molar-refractivity contribution >= 4 is 23.7 Å². The fraction of sp³-hybridized carbons (Fsp3) is 0.821. The normalized spacial score (nSPS) is 14.0. The predicted octanol–water partition coefficient (Wildman–Crippen LogP) is 22.7. The van der Waals surface area contributed by atoms with E-state index in [-0.39, 0.29) is 283 Å². The summed E-state index contributed by atoms with van der Waals surface area (Å²) in [6.45, 7) is 6.56. The maximum Gasteiger partial charge on any atom is 0.339 e. The van der Waals surface area contributed by atoms with E-state index in [2.05, 4.69) is 11.0 Å². The third kappa shape index (κ3) is 47.9. The Morgan fingerprint density at radius 2 is 1.05 bits per heavy atom. The minimum absolute atomic E-state index is 0. The van der Waals surface area contributed by atoms with Gasteiger partial charge in [-0.05, 0) is 102 Å². The number of nitrogens with zero attached hydrogens (tertiary/aromatic N) is 1. The number of ketones is 1. The molecule has 1 aliphatic carbocycles. The SMILES string of the molecule is C.C.C.C.C.C.C.C.C.C.C.C.C.C.C.C.C.C.C.C.C.C.C.C.C.C.C.C.C.C.C.C.C.CC(=O)CCC(=O)[O-].COC(=O)C[C@@](O)(CCCC(C)(C)O)C(=O)O[C@@H]1C(OC)=C[C@]23CCCN2CCc2cc4c(cc2[C@H]13)OCO4. The average molecular weight is 1190 g/mol. The summed E-state index contributed by atoms with van der Waals surface area (Å²) in [6, 6.07) is 4.00. The molecule has 0 bridgehead atoms. The van der Waals surface area contributed by atoms with Crippen LogP contribution in [0.2, 0.25) is 0 Å². The van der Waals surface area contributed by atoms with Gasteiger partial charge in [0.2, 0.25) is 6.79 Å². The summed E-state index contributed by atoms with van der Waals surface area (Å²) in [7, 11) is 2.76. The number of benzene rings is 1. The van der Waals surface area contributed by atoms with Gasteiger partial charge in [-0.2, -0.15) is 0 Å². The molecule has 80 heavy (non-hydrogen) atoms. The van der Waals surface area contributed by atoms with Crippen molar-refractivity contribution < 1.29 is 58.2 Å². The number of carboxylic acid groups (broad SMARTS) is 1. The van der Waals surface area contributed by atoms with Crippen molar-refractivity contribution in [1.29, 1.82) is 0 Å². The van der Waals surface area contributed by atoms with Crippen LogP contribution in [0.3, 0.4) is 0 Å². The number of ether oxygens (including phenoxy) is 5. The number of aliphatic hydroxyl groups is 2. The lowest BCUT2D eigenvalue weighted by Crippen LogP contribution is -2.49. The van der Waals surface area contributed by atoms with Gasteiger partial charge >= 0.3 is 11.9 Å². The lowest BCUT2D eigenvalue weighted by molar-refractivity contribution is -0.305. The standard InChI is InChI=1S/C29H39NO9.C5H8O3.33CH4/c1-27(2,33)8-5-10-29(34,16-23(31)36-4)26(32)39-25-22(35-3)15-28-9-6-11-30(28)12-7-18-13-20-21(38-17-37-20)14-19(18)24(25)28;1-4(6)2-3-5(7)8;;;;;;;;;;;;;;;;;;;;;;;;;;;;;;;;;/h13-15,24-25,33-34H,5-12,16-17H2,1-4H3;2-3H2,1H3,(H,7,8);33*1H4/p-1/t24-,25-,28+,29+;;;;;;;;;;;;;;;;;;;;;;;;;;;;;;;;;;/m1................................../s1. The molecular formula is C67H178NO12-. The van der Waals surface area contributed by atoms with Crippen molar-refractivity contribution in [2.24, 2.45) is 0 Å². The van der Waals surface area contributed by atoms with Gasteiger partial charge in [0.15, 0.2) is 23.2 Å². The van der Waals surface area contributed by atoms with Gasteiger partial charge < -0.3 is 48.6 Å². The van der Waals surface area contributed by atoms with Crippen LogP contribution in [0.4, 0.5) is 0 Å². The van der Waals surface area contributed by atoms with E-state index in [0.29, 0.717) is 30.1 Å². The highest BCUT2D eigenvalue weighted by molar-refractivity contribution is 5.86. The number of aliphatic carboxylic acids is 1. The van der Waals surface area contributed by atoms with Crippen LogP contribution >= 0.6 is 0 Å². The number of rotatable bonds is 12. The van der Waals surface area contributed by atoms with E-state index in [1.54, 1.807) is 21.0 Å². The summed E-state index contributed by atoms with van der Waals surface area (Å²) < 4.78 is 28.1. The van der Waals surface area contributed by atoms with Crippen molar-refractivity contribution in [3.05, 3.63) is 35.1 Å². The Labute approximate surface area is 518 Å². The molecule has 3 aliphatic heterocycles. The summed E-state index contributed by atoms with van der Waals surface area (Å²) in [5.74, 6) is -1.35. The molecule has 0 unspecified atom stereocenters. The predicted molar refractivity (Wildman–Crippen MR) is 386 cm³/mol. The molecular weight excluding hydrogens is 1010 g/mol. The molecule has 524 valence electrons. The minimum atomic E-state index is -2.12. The molecule has 1 aromatic carbocycles. The van der Waals surface area contributed by atoms with Gasteiger partial charge in [-0.3, -0.25) is 9.69 Å². The maximum atomic E-state index is 13.8. The Hall–Kier alpha value is -3.68. The van der Waals surface area contributed by atoms with Gasteiger partial charge in [-0.1, -0.05) is 245 Å². The summed E-state index contributed by atoms with van der Waals surface area (Å²) in [6.07, 6.45) is 3.87. The first kappa shape index (κ1) is 202. The second-order valence-corrected chi connectivity index (χ2v) is 13.3. The number of Topliss-reactive ketones (excluding diaryl/α,β-unsaturated/α-hetero) is 1. The number of methoxy groups -OCH3 is 2. The Morgan fingerprint density at radius 3 is 1.40 bits per heavy atom. The van der Waals surface area contributed by atoms with Crippen LogP contribution in [-0.4, -0.2) is 95.8 Å². The van der Waals surface area contributed by atoms with Crippen LogP contribution in [0.5, 0.6) is 11.5 Å². The Kier molecular flexibility index (Phi) is 212. The van der Waals surface area contributed by atoms with Crippen LogP contribution in [0.15, 0.2) is 24.0 Å². The molecule has 5 rings (SSSR count). The average Bonchev–Trinajstić information content (AvgIpc) is 3.69. The van der Waals surface area contributed by atoms with Crippen LogP contribution in [-0.2, 0) is 39.8 Å². The molecule has 1 spiro atoms. The van der Waals surface area contributed by atoms with E-state index in [4.69, 9.17) is 23.7 Å². The van der Waals surface area contributed by atoms with Gasteiger partial charge in [0, 0.05) is 18.9 Å². The van der Waals surface area contributed by atoms with Gasteiger partial charge in [0.05, 0.1) is 37.7 Å². The van der Waals surface area contributed by atoms with Gasteiger partial charge in [-0.25, -0.2) is 4.79 Å². The lowest BCUT2D eigenvalue weighted by atomic mass is 9.77. The third-order valence-electron chi connectivity index (χ3n) is 9.30. The molecule has 0 aromatic heterocycles. The van der Waals surface area contributed by atoms with Crippen LogP contribution in [0, 0.1) is 0 Å². The maximum absolute atomic E-state index is 13.8. The van der Waals surface area contributed by atoms with E-state index in [1.807, 2.05) is 12.1 Å². The zero-order valence-electron chi connectivity index (χ0n) is 27.8. The van der Waals surface area contributed by atoms with Crippen LogP contribution < -0.4 is 14.6 Å². The van der Waals surface area contributed by atoms with E-state index < -0.39 is 47.2 Å². The molecule has 1 fully saturated rings. The molecule has 3 heterocycles. The molecule has 1 aromatic rings. The first-order valence-electron chi connectivity index (χ1n) is 16.0. The molecule has 0 amide bonds. The molecule has 1 saturated heterocycles. The number of carbonyl (C=O) groups excluding carboxylic acids is 4. The van der Waals surface area contributed by atoms with Crippen molar-refractivity contribution in [2.45, 2.75) is 352 Å². The van der Waals surface area contributed by atoms with E-state index >= 15 is 0 Å². The summed E-state index contributed by atoms with van der Waals surface area (Å²) in [4.78, 5) is 48.1. The highest BCUT2D eigenvalue weighted by atomic mass is 16.7. The second kappa shape index (κ2) is 84.1. The fourth-order valence-corrected chi connectivity index (χ4v) is 6.98. The van der Waals surface area contributed by atoms with Gasteiger partial charge in [0.25, 0.3) is 0 Å². The smallest absolute Gasteiger partial charge is 0.339 e. The summed E-state index contributed by atoms with van der Waals surface area (Å²) in [5, 5.41) is 31.3. The number of carbonyl (C=O) groups is 4. The highest BCUT2D eigenvalue weighted by Crippen LogP contribution is 2.55. The molecule has 2 N–H and O–H groups in total. The second-order valence-electron chi connectivity index (χ2n) is 13.3. The van der Waals surface area contributed by atoms with Gasteiger partial charge in [-0.15, -0.1) is 0 Å². The monoisotopic (exact) mass is 1190 g/mol. The number of carboxylic acids is 1.